The number of nitrogen functional groups attached to an aromatic ring is 1. The Morgan fingerprint density at radius 1 is 0.870 bits per heavy atom. The molecule has 5 nitrogen and oxygen atoms in total. The minimum absolute atomic E-state index is 0.00682. The second kappa shape index (κ2) is 7.98. The first kappa shape index (κ1) is 16.5. The van der Waals surface area contributed by atoms with Crippen molar-refractivity contribution in [2.45, 2.75) is 26.2 Å². The van der Waals surface area contributed by atoms with Gasteiger partial charge in [-0.1, -0.05) is 19.1 Å². The van der Waals surface area contributed by atoms with Gasteiger partial charge in [-0.05, 0) is 48.4 Å². The largest absolute Gasteiger partial charge is 0.399 e. The summed E-state index contributed by atoms with van der Waals surface area (Å²) < 4.78 is 0. The molecule has 2 amide bonds. The molecule has 0 aromatic heterocycles. The maximum absolute atomic E-state index is 12.0. The lowest BCUT2D eigenvalue weighted by Gasteiger charge is -2.08. The molecular formula is C18H21N3O2. The van der Waals surface area contributed by atoms with Gasteiger partial charge in [0.1, 0.15) is 0 Å². The molecule has 2 aromatic rings. The molecule has 0 atom stereocenters. The number of carbonyl (C=O) groups excluding carboxylic acids is 2. The van der Waals surface area contributed by atoms with E-state index < -0.39 is 0 Å². The average Bonchev–Trinajstić information content (AvgIpc) is 2.52. The smallest absolute Gasteiger partial charge is 0.228 e. The van der Waals surface area contributed by atoms with E-state index in [9.17, 15) is 9.59 Å². The van der Waals surface area contributed by atoms with Crippen molar-refractivity contribution in [1.82, 2.24) is 0 Å². The minimum Gasteiger partial charge on any atom is -0.399 e. The van der Waals surface area contributed by atoms with E-state index in [0.717, 1.165) is 17.7 Å². The molecule has 0 aliphatic heterocycles. The molecule has 2 rings (SSSR count). The van der Waals surface area contributed by atoms with Crippen molar-refractivity contribution in [3.8, 4) is 0 Å². The summed E-state index contributed by atoms with van der Waals surface area (Å²) in [7, 11) is 0. The minimum atomic E-state index is -0.0995. The van der Waals surface area contributed by atoms with Gasteiger partial charge in [-0.15, -0.1) is 0 Å². The summed E-state index contributed by atoms with van der Waals surface area (Å²) in [5.74, 6) is -0.106. The Labute approximate surface area is 135 Å². The van der Waals surface area contributed by atoms with E-state index in [1.807, 2.05) is 19.1 Å². The number of hydrogen-bond acceptors (Lipinski definition) is 3. The number of nitrogens with two attached hydrogens (primary N) is 1. The molecule has 2 aromatic carbocycles. The number of amides is 2. The first-order valence-corrected chi connectivity index (χ1v) is 7.61. The van der Waals surface area contributed by atoms with Gasteiger partial charge in [0.2, 0.25) is 11.8 Å². The quantitative estimate of drug-likeness (QED) is 0.716. The maximum Gasteiger partial charge on any atom is 0.228 e. The van der Waals surface area contributed by atoms with E-state index in [1.165, 1.54) is 0 Å². The SMILES string of the molecule is CCCC(=O)Nc1ccc(NC(=O)Cc2ccc(N)cc2)cc1. The lowest BCUT2D eigenvalue weighted by atomic mass is 10.1. The van der Waals surface area contributed by atoms with Gasteiger partial charge in [0, 0.05) is 23.5 Å². The van der Waals surface area contributed by atoms with Gasteiger partial charge in [0.25, 0.3) is 0 Å². The van der Waals surface area contributed by atoms with Gasteiger partial charge < -0.3 is 16.4 Å². The van der Waals surface area contributed by atoms with E-state index >= 15 is 0 Å². The normalized spacial score (nSPS) is 10.1. The van der Waals surface area contributed by atoms with Crippen LogP contribution in [0.3, 0.4) is 0 Å². The highest BCUT2D eigenvalue weighted by molar-refractivity contribution is 5.93. The summed E-state index contributed by atoms with van der Waals surface area (Å²) in [5, 5.41) is 5.63. The zero-order valence-electron chi connectivity index (χ0n) is 13.1. The monoisotopic (exact) mass is 311 g/mol. The van der Waals surface area contributed by atoms with E-state index in [0.29, 0.717) is 17.8 Å². The third-order valence-corrected chi connectivity index (χ3v) is 3.27. The predicted octanol–water partition coefficient (Wildman–Crippen LogP) is 3.19. The Balaban J connectivity index is 1.88. The van der Waals surface area contributed by atoms with Crippen LogP contribution in [-0.2, 0) is 16.0 Å². The molecule has 0 spiro atoms. The van der Waals surface area contributed by atoms with Gasteiger partial charge in [-0.3, -0.25) is 9.59 Å². The Morgan fingerprint density at radius 2 is 1.39 bits per heavy atom. The highest BCUT2D eigenvalue weighted by Crippen LogP contribution is 2.15. The highest BCUT2D eigenvalue weighted by Gasteiger charge is 2.05. The average molecular weight is 311 g/mol. The Hall–Kier alpha value is -2.82. The van der Waals surface area contributed by atoms with E-state index in [4.69, 9.17) is 5.73 Å². The topological polar surface area (TPSA) is 84.2 Å². The number of carbonyl (C=O) groups is 2. The number of nitrogens with one attached hydrogen (secondary N) is 2. The molecule has 0 saturated carbocycles. The second-order valence-corrected chi connectivity index (χ2v) is 5.34. The number of rotatable bonds is 6. The fourth-order valence-corrected chi connectivity index (χ4v) is 2.11. The second-order valence-electron chi connectivity index (χ2n) is 5.34. The summed E-state index contributed by atoms with van der Waals surface area (Å²) in [6.07, 6.45) is 1.60. The molecule has 23 heavy (non-hydrogen) atoms. The van der Waals surface area contributed by atoms with Crippen LogP contribution < -0.4 is 16.4 Å². The fourth-order valence-electron chi connectivity index (χ4n) is 2.11. The lowest BCUT2D eigenvalue weighted by Crippen LogP contribution is -2.14. The molecule has 0 heterocycles. The van der Waals surface area contributed by atoms with E-state index in [-0.39, 0.29) is 18.2 Å². The Bertz CT molecular complexity index is 664. The Morgan fingerprint density at radius 3 is 1.91 bits per heavy atom. The van der Waals surface area contributed by atoms with Crippen molar-refractivity contribution in [3.63, 3.8) is 0 Å². The van der Waals surface area contributed by atoms with Crippen LogP contribution in [0.2, 0.25) is 0 Å². The van der Waals surface area contributed by atoms with Crippen LogP contribution >= 0.6 is 0 Å². The van der Waals surface area contributed by atoms with Gasteiger partial charge in [-0.25, -0.2) is 0 Å². The summed E-state index contributed by atoms with van der Waals surface area (Å²) in [6.45, 7) is 1.96. The molecule has 0 radical (unpaired) electrons. The molecular weight excluding hydrogens is 290 g/mol. The standard InChI is InChI=1S/C18H21N3O2/c1-2-3-17(22)20-15-8-10-16(11-9-15)21-18(23)12-13-4-6-14(19)7-5-13/h4-11H,2-3,12,19H2,1H3,(H,20,22)(H,21,23). The lowest BCUT2D eigenvalue weighted by molar-refractivity contribution is -0.116. The highest BCUT2D eigenvalue weighted by atomic mass is 16.2. The molecule has 0 bridgehead atoms. The molecule has 4 N–H and O–H groups in total. The zero-order valence-corrected chi connectivity index (χ0v) is 13.1. The van der Waals surface area contributed by atoms with Crippen LogP contribution in [0.15, 0.2) is 48.5 Å². The predicted molar refractivity (Wildman–Crippen MR) is 93.2 cm³/mol. The van der Waals surface area contributed by atoms with E-state index in [2.05, 4.69) is 10.6 Å². The summed E-state index contributed by atoms with van der Waals surface area (Å²) in [6, 6.07) is 14.3. The van der Waals surface area contributed by atoms with Gasteiger partial charge in [-0.2, -0.15) is 0 Å². The molecule has 0 aliphatic rings. The molecule has 0 fully saturated rings. The van der Waals surface area contributed by atoms with Crippen molar-refractivity contribution < 1.29 is 9.59 Å². The van der Waals surface area contributed by atoms with Crippen molar-refractivity contribution in [2.75, 3.05) is 16.4 Å². The van der Waals surface area contributed by atoms with Crippen LogP contribution in [-0.4, -0.2) is 11.8 Å². The zero-order chi connectivity index (χ0) is 16.7. The molecule has 0 saturated heterocycles. The van der Waals surface area contributed by atoms with Gasteiger partial charge >= 0.3 is 0 Å². The number of benzene rings is 2. The molecule has 5 heteroatoms. The summed E-state index contributed by atoms with van der Waals surface area (Å²) in [5.41, 5.74) is 8.61. The molecule has 0 aliphatic carbocycles. The summed E-state index contributed by atoms with van der Waals surface area (Å²) >= 11 is 0. The van der Waals surface area contributed by atoms with Crippen LogP contribution in [0.1, 0.15) is 25.3 Å². The van der Waals surface area contributed by atoms with E-state index in [1.54, 1.807) is 36.4 Å². The van der Waals surface area contributed by atoms with Crippen LogP contribution in [0.4, 0.5) is 17.1 Å². The third kappa shape index (κ3) is 5.47. The van der Waals surface area contributed by atoms with Crippen molar-refractivity contribution in [2.24, 2.45) is 0 Å². The number of hydrogen-bond donors (Lipinski definition) is 3. The first-order valence-electron chi connectivity index (χ1n) is 7.61. The molecule has 120 valence electrons. The van der Waals surface area contributed by atoms with Gasteiger partial charge in [0.05, 0.1) is 6.42 Å². The van der Waals surface area contributed by atoms with Crippen LogP contribution in [0.25, 0.3) is 0 Å². The number of anilines is 3. The fraction of sp³-hybridized carbons (Fsp3) is 0.222. The van der Waals surface area contributed by atoms with Crippen LogP contribution in [0.5, 0.6) is 0 Å². The Kier molecular flexibility index (Phi) is 5.74. The third-order valence-electron chi connectivity index (χ3n) is 3.27. The van der Waals surface area contributed by atoms with Gasteiger partial charge in [0.15, 0.2) is 0 Å². The first-order chi connectivity index (χ1) is 11.1. The molecule has 0 unspecified atom stereocenters. The van der Waals surface area contributed by atoms with Crippen molar-refractivity contribution in [1.29, 1.82) is 0 Å². The summed E-state index contributed by atoms with van der Waals surface area (Å²) in [4.78, 5) is 23.5. The van der Waals surface area contributed by atoms with Crippen LogP contribution in [0, 0.1) is 0 Å². The van der Waals surface area contributed by atoms with Crippen molar-refractivity contribution in [3.05, 3.63) is 54.1 Å². The maximum atomic E-state index is 12.0. The van der Waals surface area contributed by atoms with Crippen molar-refractivity contribution >= 4 is 28.9 Å².